The van der Waals surface area contributed by atoms with Crippen molar-refractivity contribution < 1.29 is 14.8 Å². The summed E-state index contributed by atoms with van der Waals surface area (Å²) in [5, 5.41) is 29.5. The first-order chi connectivity index (χ1) is 9.86. The average Bonchev–Trinajstić information content (AvgIpc) is 2.44. The Hall–Kier alpha value is -2.17. The maximum absolute atomic E-state index is 11.2. The van der Waals surface area contributed by atoms with Crippen molar-refractivity contribution in [3.63, 3.8) is 0 Å². The summed E-state index contributed by atoms with van der Waals surface area (Å²) in [6.45, 7) is 4.35. The Balaban J connectivity index is 2.44. The highest BCUT2D eigenvalue weighted by molar-refractivity contribution is 5.66. The van der Waals surface area contributed by atoms with Crippen LogP contribution in [0.5, 0.6) is 0 Å². The molecule has 0 radical (unpaired) electrons. The molecule has 0 amide bonds. The molecule has 1 heterocycles. The maximum atomic E-state index is 11.2. The number of nitro benzene ring substituents is 1. The lowest BCUT2D eigenvalue weighted by Crippen LogP contribution is -2.54. The molecule has 1 aliphatic heterocycles. The Morgan fingerprint density at radius 1 is 1.62 bits per heavy atom. The highest BCUT2D eigenvalue weighted by atomic mass is 16.6. The molecular formula is C14H17N3O4. The molecule has 1 aliphatic rings. The molecule has 1 N–H and O–H groups in total. The van der Waals surface area contributed by atoms with Gasteiger partial charge in [0, 0.05) is 19.2 Å². The zero-order valence-corrected chi connectivity index (χ0v) is 11.9. The lowest BCUT2D eigenvalue weighted by atomic mass is 10.0. The van der Waals surface area contributed by atoms with Crippen molar-refractivity contribution in [2.45, 2.75) is 25.6 Å². The van der Waals surface area contributed by atoms with Gasteiger partial charge in [-0.15, -0.1) is 0 Å². The largest absolute Gasteiger partial charge is 0.394 e. The van der Waals surface area contributed by atoms with Crippen LogP contribution in [0.25, 0.3) is 0 Å². The molecule has 1 aromatic carbocycles. The van der Waals surface area contributed by atoms with Gasteiger partial charge in [-0.1, -0.05) is 0 Å². The number of anilines is 1. The number of morpholine rings is 1. The number of rotatable bonds is 3. The van der Waals surface area contributed by atoms with E-state index in [1.807, 2.05) is 19.9 Å². The van der Waals surface area contributed by atoms with Gasteiger partial charge in [0.15, 0.2) is 0 Å². The summed E-state index contributed by atoms with van der Waals surface area (Å²) < 4.78 is 5.71. The van der Waals surface area contributed by atoms with Gasteiger partial charge in [-0.05, 0) is 26.0 Å². The Bertz CT molecular complexity index is 594. The van der Waals surface area contributed by atoms with E-state index in [2.05, 4.69) is 0 Å². The van der Waals surface area contributed by atoms with Gasteiger partial charge in [-0.3, -0.25) is 10.1 Å². The summed E-state index contributed by atoms with van der Waals surface area (Å²) in [7, 11) is 0. The second-order valence-corrected chi connectivity index (χ2v) is 5.64. The van der Waals surface area contributed by atoms with Gasteiger partial charge in [0.2, 0.25) is 0 Å². The molecule has 1 atom stereocenters. The number of ether oxygens (including phenoxy) is 1. The minimum absolute atomic E-state index is 0.0524. The van der Waals surface area contributed by atoms with Gasteiger partial charge in [-0.25, -0.2) is 0 Å². The Morgan fingerprint density at radius 2 is 2.33 bits per heavy atom. The fraction of sp³-hybridized carbons (Fsp3) is 0.500. The molecule has 1 fully saturated rings. The number of aliphatic hydroxyl groups excluding tert-OH is 1. The van der Waals surface area contributed by atoms with E-state index in [0.29, 0.717) is 24.3 Å². The van der Waals surface area contributed by atoms with Crippen LogP contribution in [0.2, 0.25) is 0 Å². The first-order valence-electron chi connectivity index (χ1n) is 6.58. The predicted octanol–water partition coefficient (Wildman–Crippen LogP) is 1.44. The molecular weight excluding hydrogens is 274 g/mol. The Morgan fingerprint density at radius 3 is 2.90 bits per heavy atom. The quantitative estimate of drug-likeness (QED) is 0.668. The molecule has 0 bridgehead atoms. The number of benzene rings is 1. The van der Waals surface area contributed by atoms with Crippen LogP contribution < -0.4 is 4.90 Å². The highest BCUT2D eigenvalue weighted by Crippen LogP contribution is 2.33. The third kappa shape index (κ3) is 3.29. The smallest absolute Gasteiger partial charge is 0.292 e. The number of hydrogen-bond donors (Lipinski definition) is 1. The molecule has 1 saturated heterocycles. The van der Waals surface area contributed by atoms with Gasteiger partial charge in [0.05, 0.1) is 34.9 Å². The number of hydrogen-bond acceptors (Lipinski definition) is 6. The highest BCUT2D eigenvalue weighted by Gasteiger charge is 2.35. The number of nitrogens with zero attached hydrogens (tertiary/aromatic N) is 3. The lowest BCUT2D eigenvalue weighted by Gasteiger charge is -2.43. The van der Waals surface area contributed by atoms with Crippen LogP contribution in [0.15, 0.2) is 18.2 Å². The summed E-state index contributed by atoms with van der Waals surface area (Å²) in [6, 6.07) is 6.26. The van der Waals surface area contributed by atoms with Gasteiger partial charge in [-0.2, -0.15) is 5.26 Å². The average molecular weight is 291 g/mol. The third-order valence-corrected chi connectivity index (χ3v) is 3.33. The van der Waals surface area contributed by atoms with Crippen LogP contribution in [0.3, 0.4) is 0 Å². The van der Waals surface area contributed by atoms with Crippen molar-refractivity contribution in [2.24, 2.45) is 0 Å². The topological polar surface area (TPSA) is 99.6 Å². The second kappa shape index (κ2) is 5.68. The zero-order chi connectivity index (χ0) is 15.6. The molecule has 7 nitrogen and oxygen atoms in total. The summed E-state index contributed by atoms with van der Waals surface area (Å²) >= 11 is 0. The SMILES string of the molecule is CC1(C)CN(c2cc(C#N)ccc2[N+](=O)[O-])CC(CO)O1. The van der Waals surface area contributed by atoms with E-state index < -0.39 is 16.6 Å². The predicted molar refractivity (Wildman–Crippen MR) is 76.1 cm³/mol. The molecule has 2 rings (SSSR count). The summed E-state index contributed by atoms with van der Waals surface area (Å²) in [5.41, 5.74) is 0.153. The van der Waals surface area contributed by atoms with Crippen LogP contribution in [0.1, 0.15) is 19.4 Å². The van der Waals surface area contributed by atoms with E-state index in [1.54, 1.807) is 4.90 Å². The standard InChI is InChI=1S/C14H17N3O4/c1-14(2)9-16(7-11(8-18)21-14)13-5-10(6-15)3-4-12(13)17(19)20/h3-5,11,18H,7-9H2,1-2H3. The Kier molecular flexibility index (Phi) is 4.11. The van der Waals surface area contributed by atoms with Crippen LogP contribution in [0, 0.1) is 21.4 Å². The van der Waals surface area contributed by atoms with E-state index in [9.17, 15) is 15.2 Å². The van der Waals surface area contributed by atoms with E-state index in [1.165, 1.54) is 18.2 Å². The van der Waals surface area contributed by atoms with Crippen LogP contribution in [-0.4, -0.2) is 41.4 Å². The second-order valence-electron chi connectivity index (χ2n) is 5.64. The molecule has 1 aromatic rings. The summed E-state index contributed by atoms with van der Waals surface area (Å²) in [4.78, 5) is 12.5. The molecule has 0 saturated carbocycles. The summed E-state index contributed by atoms with van der Waals surface area (Å²) in [5.74, 6) is 0. The normalized spacial score (nSPS) is 20.9. The monoisotopic (exact) mass is 291 g/mol. The van der Waals surface area contributed by atoms with E-state index >= 15 is 0 Å². The zero-order valence-electron chi connectivity index (χ0n) is 11.9. The van der Waals surface area contributed by atoms with E-state index in [0.717, 1.165) is 0 Å². The van der Waals surface area contributed by atoms with Crippen molar-refractivity contribution in [1.82, 2.24) is 0 Å². The maximum Gasteiger partial charge on any atom is 0.292 e. The van der Waals surface area contributed by atoms with Crippen LogP contribution in [-0.2, 0) is 4.74 Å². The molecule has 112 valence electrons. The first kappa shape index (κ1) is 15.2. The van der Waals surface area contributed by atoms with Crippen molar-refractivity contribution in [2.75, 3.05) is 24.6 Å². The van der Waals surface area contributed by atoms with Gasteiger partial charge >= 0.3 is 0 Å². The number of aliphatic hydroxyl groups is 1. The van der Waals surface area contributed by atoms with Crippen molar-refractivity contribution in [1.29, 1.82) is 5.26 Å². The first-order valence-corrected chi connectivity index (χ1v) is 6.58. The minimum Gasteiger partial charge on any atom is -0.394 e. The molecule has 21 heavy (non-hydrogen) atoms. The Labute approximate surface area is 122 Å². The fourth-order valence-corrected chi connectivity index (χ4v) is 2.57. The number of nitro groups is 1. The molecule has 0 aromatic heterocycles. The lowest BCUT2D eigenvalue weighted by molar-refractivity contribution is -0.384. The van der Waals surface area contributed by atoms with Crippen molar-refractivity contribution >= 4 is 11.4 Å². The molecule has 0 aliphatic carbocycles. The van der Waals surface area contributed by atoms with E-state index in [-0.39, 0.29) is 12.3 Å². The van der Waals surface area contributed by atoms with Gasteiger partial charge in [0.25, 0.3) is 5.69 Å². The van der Waals surface area contributed by atoms with Crippen LogP contribution >= 0.6 is 0 Å². The molecule has 0 spiro atoms. The fourth-order valence-electron chi connectivity index (χ4n) is 2.57. The van der Waals surface area contributed by atoms with Crippen molar-refractivity contribution in [3.8, 4) is 6.07 Å². The van der Waals surface area contributed by atoms with Crippen molar-refractivity contribution in [3.05, 3.63) is 33.9 Å². The van der Waals surface area contributed by atoms with E-state index in [4.69, 9.17) is 10.00 Å². The van der Waals surface area contributed by atoms with Gasteiger partial charge in [0.1, 0.15) is 5.69 Å². The van der Waals surface area contributed by atoms with Gasteiger partial charge < -0.3 is 14.7 Å². The van der Waals surface area contributed by atoms with Crippen LogP contribution in [0.4, 0.5) is 11.4 Å². The summed E-state index contributed by atoms with van der Waals surface area (Å²) in [6.07, 6.45) is -0.418. The number of nitriles is 1. The third-order valence-electron chi connectivity index (χ3n) is 3.33. The molecule has 1 unspecified atom stereocenters. The molecule has 7 heteroatoms. The minimum atomic E-state index is -0.540.